The fraction of sp³-hybridized carbons (Fsp3) is 0.429. The van der Waals surface area contributed by atoms with E-state index < -0.39 is 0 Å². The zero-order chi connectivity index (χ0) is 15.8. The molecule has 2 aromatic rings. The number of hydrogen-bond donors (Lipinski definition) is 0. The first-order valence-corrected chi connectivity index (χ1v) is 9.26. The van der Waals surface area contributed by atoms with E-state index >= 15 is 0 Å². The minimum absolute atomic E-state index is 0.277. The number of hydrogen-bond acceptors (Lipinski definition) is 1. The average Bonchev–Trinajstić information content (AvgIpc) is 2.54. The molecule has 0 spiro atoms. The Morgan fingerprint density at radius 2 is 1.50 bits per heavy atom. The zero-order valence-electron chi connectivity index (χ0n) is 14.1. The van der Waals surface area contributed by atoms with Gasteiger partial charge >= 0.3 is 0 Å². The fourth-order valence-corrected chi connectivity index (χ4v) is 4.41. The minimum Gasteiger partial charge on any atom is -0.119 e. The maximum atomic E-state index is 2.38. The summed E-state index contributed by atoms with van der Waals surface area (Å²) in [6, 6.07) is 21.9. The first-order chi connectivity index (χ1) is 10.7. The van der Waals surface area contributed by atoms with E-state index in [2.05, 4.69) is 93.2 Å². The predicted molar refractivity (Wildman–Crippen MR) is 99.5 cm³/mol. The maximum Gasteiger partial charge on any atom is 0.0270 e. The topological polar surface area (TPSA) is 0 Å². The smallest absolute Gasteiger partial charge is 0.0270 e. The van der Waals surface area contributed by atoms with E-state index in [-0.39, 0.29) is 4.75 Å². The van der Waals surface area contributed by atoms with Crippen molar-refractivity contribution < 1.29 is 0 Å². The molecule has 0 aliphatic rings. The van der Waals surface area contributed by atoms with Crippen molar-refractivity contribution in [3.63, 3.8) is 0 Å². The van der Waals surface area contributed by atoms with E-state index in [0.717, 1.165) is 6.42 Å². The van der Waals surface area contributed by atoms with Gasteiger partial charge in [0.15, 0.2) is 0 Å². The SMILES string of the molecule is CCCCC(Cc1ccccc1)(Sc1ccccc1)C(C)C. The molecule has 0 saturated carbocycles. The van der Waals surface area contributed by atoms with Crippen LogP contribution in [-0.2, 0) is 6.42 Å². The molecule has 118 valence electrons. The van der Waals surface area contributed by atoms with Crippen LogP contribution in [-0.4, -0.2) is 4.75 Å². The summed E-state index contributed by atoms with van der Waals surface area (Å²) in [5.74, 6) is 0.643. The summed E-state index contributed by atoms with van der Waals surface area (Å²) < 4.78 is 0.277. The molecule has 0 nitrogen and oxygen atoms in total. The Balaban J connectivity index is 2.28. The van der Waals surface area contributed by atoms with E-state index in [4.69, 9.17) is 0 Å². The van der Waals surface area contributed by atoms with E-state index in [1.807, 2.05) is 0 Å². The van der Waals surface area contributed by atoms with Crippen LogP contribution in [0.25, 0.3) is 0 Å². The summed E-state index contributed by atoms with van der Waals surface area (Å²) >= 11 is 2.08. The van der Waals surface area contributed by atoms with Crippen molar-refractivity contribution >= 4 is 11.8 Å². The molecule has 0 N–H and O–H groups in total. The Bertz CT molecular complexity index is 489. The first-order valence-electron chi connectivity index (χ1n) is 8.44. The molecule has 0 fully saturated rings. The standard InChI is InChI=1S/C21H28S/c1-4-5-16-21(18(2)3,17-19-12-8-6-9-13-19)22-20-14-10-7-11-15-20/h6-15,18H,4-5,16-17H2,1-3H3. The monoisotopic (exact) mass is 312 g/mol. The summed E-state index contributed by atoms with van der Waals surface area (Å²) in [5.41, 5.74) is 1.45. The van der Waals surface area contributed by atoms with Gasteiger partial charge in [0.2, 0.25) is 0 Å². The van der Waals surface area contributed by atoms with E-state index in [0.29, 0.717) is 5.92 Å². The predicted octanol–water partition coefficient (Wildman–Crippen LogP) is 6.61. The van der Waals surface area contributed by atoms with E-state index in [1.54, 1.807) is 0 Å². The average molecular weight is 313 g/mol. The molecule has 2 rings (SSSR count). The van der Waals surface area contributed by atoms with Crippen LogP contribution in [0.1, 0.15) is 45.6 Å². The van der Waals surface area contributed by atoms with E-state index in [1.165, 1.54) is 29.7 Å². The number of rotatable bonds is 8. The lowest BCUT2D eigenvalue weighted by atomic mass is 9.84. The number of thioether (sulfide) groups is 1. The van der Waals surface area contributed by atoms with Gasteiger partial charge in [-0.1, -0.05) is 82.1 Å². The van der Waals surface area contributed by atoms with Crippen LogP contribution in [0, 0.1) is 5.92 Å². The van der Waals surface area contributed by atoms with Crippen molar-refractivity contribution in [2.45, 2.75) is 56.1 Å². The molecule has 0 amide bonds. The van der Waals surface area contributed by atoms with Crippen LogP contribution >= 0.6 is 11.8 Å². The van der Waals surface area contributed by atoms with E-state index in [9.17, 15) is 0 Å². The normalized spacial score (nSPS) is 14.0. The lowest BCUT2D eigenvalue weighted by Crippen LogP contribution is -2.34. The highest BCUT2D eigenvalue weighted by molar-refractivity contribution is 8.00. The van der Waals surface area contributed by atoms with Gasteiger partial charge in [-0.3, -0.25) is 0 Å². The number of unbranched alkanes of at least 4 members (excludes halogenated alkanes) is 1. The Labute approximate surface area is 140 Å². The van der Waals surface area contributed by atoms with Gasteiger partial charge in [-0.05, 0) is 36.5 Å². The highest BCUT2D eigenvalue weighted by Crippen LogP contribution is 2.44. The van der Waals surface area contributed by atoms with Crippen molar-refractivity contribution in [3.8, 4) is 0 Å². The summed E-state index contributed by atoms with van der Waals surface area (Å²) in [5, 5.41) is 0. The van der Waals surface area contributed by atoms with Gasteiger partial charge in [0.25, 0.3) is 0 Å². The Hall–Kier alpha value is -1.21. The Kier molecular flexibility index (Phi) is 6.57. The van der Waals surface area contributed by atoms with Crippen LogP contribution in [0.2, 0.25) is 0 Å². The van der Waals surface area contributed by atoms with Crippen molar-refractivity contribution in [2.75, 3.05) is 0 Å². The molecule has 1 heteroatoms. The summed E-state index contributed by atoms with van der Waals surface area (Å²) in [6.45, 7) is 7.06. The summed E-state index contributed by atoms with van der Waals surface area (Å²) in [6.07, 6.45) is 4.98. The molecule has 0 aromatic heterocycles. The van der Waals surface area contributed by atoms with Crippen molar-refractivity contribution in [2.24, 2.45) is 5.92 Å². The third-order valence-corrected chi connectivity index (χ3v) is 6.15. The molecule has 1 atom stereocenters. The molecule has 22 heavy (non-hydrogen) atoms. The van der Waals surface area contributed by atoms with Crippen molar-refractivity contribution in [1.82, 2.24) is 0 Å². The fourth-order valence-electron chi connectivity index (χ4n) is 2.93. The van der Waals surface area contributed by atoms with Crippen LogP contribution in [0.3, 0.4) is 0 Å². The second kappa shape index (κ2) is 8.43. The molecule has 0 heterocycles. The molecular formula is C21H28S. The highest BCUT2D eigenvalue weighted by Gasteiger charge is 2.34. The third kappa shape index (κ3) is 4.64. The second-order valence-electron chi connectivity index (χ2n) is 6.40. The molecule has 1 unspecified atom stereocenters. The van der Waals surface area contributed by atoms with Crippen molar-refractivity contribution in [1.29, 1.82) is 0 Å². The van der Waals surface area contributed by atoms with Gasteiger partial charge < -0.3 is 0 Å². The molecular weight excluding hydrogens is 284 g/mol. The summed E-state index contributed by atoms with van der Waals surface area (Å²) in [4.78, 5) is 1.39. The quantitative estimate of drug-likeness (QED) is 0.494. The van der Waals surface area contributed by atoms with Crippen molar-refractivity contribution in [3.05, 3.63) is 66.2 Å². The molecule has 0 aliphatic heterocycles. The molecule has 0 saturated heterocycles. The van der Waals surface area contributed by atoms with Gasteiger partial charge in [-0.25, -0.2) is 0 Å². The maximum absolute atomic E-state index is 2.38. The van der Waals surface area contributed by atoms with Crippen LogP contribution in [0.15, 0.2) is 65.6 Å². The molecule has 0 radical (unpaired) electrons. The molecule has 0 bridgehead atoms. The van der Waals surface area contributed by atoms with Crippen LogP contribution < -0.4 is 0 Å². The van der Waals surface area contributed by atoms with Gasteiger partial charge in [0.1, 0.15) is 0 Å². The second-order valence-corrected chi connectivity index (χ2v) is 7.89. The Morgan fingerprint density at radius 3 is 2.05 bits per heavy atom. The van der Waals surface area contributed by atoms with Crippen LogP contribution in [0.5, 0.6) is 0 Å². The Morgan fingerprint density at radius 1 is 0.909 bits per heavy atom. The minimum atomic E-state index is 0.277. The third-order valence-electron chi connectivity index (χ3n) is 4.42. The lowest BCUT2D eigenvalue weighted by molar-refractivity contribution is 0.393. The molecule has 0 aliphatic carbocycles. The van der Waals surface area contributed by atoms with Crippen LogP contribution in [0.4, 0.5) is 0 Å². The van der Waals surface area contributed by atoms with Gasteiger partial charge in [0.05, 0.1) is 0 Å². The van der Waals surface area contributed by atoms with Gasteiger partial charge in [-0.2, -0.15) is 0 Å². The van der Waals surface area contributed by atoms with Gasteiger partial charge in [-0.15, -0.1) is 11.8 Å². The highest BCUT2D eigenvalue weighted by atomic mass is 32.2. The first kappa shape index (κ1) is 17.1. The number of benzene rings is 2. The summed E-state index contributed by atoms with van der Waals surface area (Å²) in [7, 11) is 0. The van der Waals surface area contributed by atoms with Gasteiger partial charge in [0, 0.05) is 9.64 Å². The molecule has 2 aromatic carbocycles. The largest absolute Gasteiger partial charge is 0.119 e. The zero-order valence-corrected chi connectivity index (χ0v) is 14.9. The lowest BCUT2D eigenvalue weighted by Gasteiger charge is -2.38.